The Morgan fingerprint density at radius 1 is 1.19 bits per heavy atom. The van der Waals surface area contributed by atoms with Gasteiger partial charge < -0.3 is 4.90 Å². The van der Waals surface area contributed by atoms with Crippen LogP contribution in [0.25, 0.3) is 5.57 Å². The molecule has 3 rings (SSSR count). The van der Waals surface area contributed by atoms with Gasteiger partial charge in [-0.3, -0.25) is 4.79 Å². The number of likely N-dealkylation sites (N-methyl/N-ethyl adjacent to an activating group) is 1. The number of fused-ring (bicyclic) bond motifs is 1. The van der Waals surface area contributed by atoms with Gasteiger partial charge in [0.05, 0.1) is 16.8 Å². The van der Waals surface area contributed by atoms with E-state index in [0.717, 1.165) is 16.8 Å². The van der Waals surface area contributed by atoms with Gasteiger partial charge in [0.2, 0.25) is 0 Å². The topological polar surface area (TPSA) is 44.7 Å². The van der Waals surface area contributed by atoms with Crippen LogP contribution in [-0.4, -0.2) is 24.7 Å². The average Bonchev–Trinajstić information content (AvgIpc) is 2.61. The van der Waals surface area contributed by atoms with Crippen molar-refractivity contribution >= 4 is 46.6 Å². The lowest BCUT2D eigenvalue weighted by molar-refractivity contribution is 0.0955. The normalized spacial score (nSPS) is 15.5. The Hall–Kier alpha value is -2.30. The van der Waals surface area contributed by atoms with E-state index in [4.69, 9.17) is 23.2 Å². The minimum Gasteiger partial charge on any atom is -0.365 e. The predicted octanol–water partition coefficient (Wildman–Crippen LogP) is 5.39. The number of nitrogens with one attached hydrogen (secondary N) is 1. The first kappa shape index (κ1) is 19.5. The molecular formula is C21H21Cl2N3O. The van der Waals surface area contributed by atoms with Crippen LogP contribution < -0.4 is 10.3 Å². The van der Waals surface area contributed by atoms with Crippen LogP contribution in [0.3, 0.4) is 0 Å². The van der Waals surface area contributed by atoms with E-state index in [2.05, 4.69) is 49.3 Å². The fourth-order valence-electron chi connectivity index (χ4n) is 3.11. The van der Waals surface area contributed by atoms with E-state index in [-0.39, 0.29) is 11.4 Å². The second kappa shape index (κ2) is 7.37. The maximum atomic E-state index is 12.1. The Morgan fingerprint density at radius 3 is 2.52 bits per heavy atom. The molecule has 1 heterocycles. The smallest absolute Gasteiger partial charge is 0.271 e. The molecular weight excluding hydrogens is 381 g/mol. The lowest BCUT2D eigenvalue weighted by atomic mass is 9.88. The summed E-state index contributed by atoms with van der Waals surface area (Å²) in [5.74, 6) is -0.311. The Morgan fingerprint density at radius 2 is 1.85 bits per heavy atom. The van der Waals surface area contributed by atoms with Crippen molar-refractivity contribution in [1.82, 2.24) is 5.43 Å². The second-order valence-corrected chi connectivity index (χ2v) is 7.98. The van der Waals surface area contributed by atoms with Crippen molar-refractivity contribution in [2.75, 3.05) is 11.9 Å². The quantitative estimate of drug-likeness (QED) is 0.553. The SMILES string of the molecule is CC1=CC(C)(C)N(C)c2cc(Cl)c(/C=N\NC(=O)c3ccc(Cl)cc3)cc21. The van der Waals surface area contributed by atoms with Crippen LogP contribution in [0.1, 0.15) is 42.3 Å². The number of benzene rings is 2. The molecule has 0 atom stereocenters. The van der Waals surface area contributed by atoms with Crippen molar-refractivity contribution in [2.24, 2.45) is 5.10 Å². The number of rotatable bonds is 3. The van der Waals surface area contributed by atoms with Gasteiger partial charge in [-0.15, -0.1) is 0 Å². The van der Waals surface area contributed by atoms with E-state index < -0.39 is 0 Å². The predicted molar refractivity (Wildman–Crippen MR) is 114 cm³/mol. The molecule has 2 aromatic carbocycles. The molecule has 1 amide bonds. The van der Waals surface area contributed by atoms with Crippen LogP contribution >= 0.6 is 23.2 Å². The van der Waals surface area contributed by atoms with Crippen molar-refractivity contribution in [3.05, 3.63) is 69.2 Å². The van der Waals surface area contributed by atoms with Crippen LogP contribution in [0.2, 0.25) is 10.0 Å². The molecule has 0 aliphatic carbocycles. The summed E-state index contributed by atoms with van der Waals surface area (Å²) in [6, 6.07) is 10.5. The maximum Gasteiger partial charge on any atom is 0.271 e. The summed E-state index contributed by atoms with van der Waals surface area (Å²) in [6.07, 6.45) is 3.79. The summed E-state index contributed by atoms with van der Waals surface area (Å²) in [7, 11) is 2.05. The highest BCUT2D eigenvalue weighted by Crippen LogP contribution is 2.40. The highest BCUT2D eigenvalue weighted by molar-refractivity contribution is 6.33. The number of anilines is 1. The first-order valence-electron chi connectivity index (χ1n) is 8.55. The van der Waals surface area contributed by atoms with E-state index in [1.165, 1.54) is 5.57 Å². The lowest BCUT2D eigenvalue weighted by Crippen LogP contribution is -2.42. The third-order valence-electron chi connectivity index (χ3n) is 4.81. The number of amides is 1. The molecule has 1 aliphatic heterocycles. The molecule has 0 unspecified atom stereocenters. The van der Waals surface area contributed by atoms with Crippen LogP contribution in [-0.2, 0) is 0 Å². The summed E-state index contributed by atoms with van der Waals surface area (Å²) < 4.78 is 0. The Balaban J connectivity index is 1.82. The zero-order valence-electron chi connectivity index (χ0n) is 15.7. The van der Waals surface area contributed by atoms with Gasteiger partial charge in [-0.05, 0) is 62.7 Å². The average molecular weight is 402 g/mol. The van der Waals surface area contributed by atoms with Gasteiger partial charge in [0.1, 0.15) is 0 Å². The molecule has 0 spiro atoms. The zero-order valence-corrected chi connectivity index (χ0v) is 17.2. The molecule has 0 fully saturated rings. The molecule has 140 valence electrons. The third kappa shape index (κ3) is 4.02. The number of hydrogen-bond acceptors (Lipinski definition) is 3. The van der Waals surface area contributed by atoms with Gasteiger partial charge >= 0.3 is 0 Å². The molecule has 1 aliphatic rings. The van der Waals surface area contributed by atoms with Crippen molar-refractivity contribution in [3.63, 3.8) is 0 Å². The molecule has 4 nitrogen and oxygen atoms in total. The molecule has 0 saturated carbocycles. The zero-order chi connectivity index (χ0) is 19.8. The molecule has 0 saturated heterocycles. The maximum absolute atomic E-state index is 12.1. The second-order valence-electron chi connectivity index (χ2n) is 7.14. The number of hydrogen-bond donors (Lipinski definition) is 1. The number of halogens is 2. The molecule has 27 heavy (non-hydrogen) atoms. The number of hydrazone groups is 1. The van der Waals surface area contributed by atoms with E-state index in [0.29, 0.717) is 15.6 Å². The van der Waals surface area contributed by atoms with Gasteiger partial charge in [0.15, 0.2) is 0 Å². The number of allylic oxidation sites excluding steroid dienone is 1. The van der Waals surface area contributed by atoms with E-state index in [9.17, 15) is 4.79 Å². The molecule has 0 radical (unpaired) electrons. The van der Waals surface area contributed by atoms with Gasteiger partial charge in [-0.1, -0.05) is 29.3 Å². The van der Waals surface area contributed by atoms with Crippen molar-refractivity contribution in [3.8, 4) is 0 Å². The number of carbonyl (C=O) groups is 1. The Kier molecular flexibility index (Phi) is 5.31. The summed E-state index contributed by atoms with van der Waals surface area (Å²) in [5.41, 5.74) is 7.02. The first-order chi connectivity index (χ1) is 12.7. The minimum absolute atomic E-state index is 0.0808. The van der Waals surface area contributed by atoms with E-state index in [1.54, 1.807) is 30.5 Å². The number of nitrogens with zero attached hydrogens (tertiary/aromatic N) is 2. The lowest BCUT2D eigenvalue weighted by Gasteiger charge is -2.40. The van der Waals surface area contributed by atoms with Crippen molar-refractivity contribution < 1.29 is 4.79 Å². The molecule has 1 N–H and O–H groups in total. The molecule has 0 bridgehead atoms. The largest absolute Gasteiger partial charge is 0.365 e. The summed E-state index contributed by atoms with van der Waals surface area (Å²) >= 11 is 12.3. The summed E-state index contributed by atoms with van der Waals surface area (Å²) in [6.45, 7) is 6.41. The standard InChI is InChI=1S/C21H21Cl2N3O/c1-13-11-21(2,3)26(4)19-10-18(23)15(9-17(13)19)12-24-25-20(27)14-5-7-16(22)8-6-14/h5-12H,1-4H3,(H,25,27)/b24-12-. The molecule has 6 heteroatoms. The Labute approximate surface area is 169 Å². The van der Waals surface area contributed by atoms with Gasteiger partial charge in [-0.2, -0.15) is 5.10 Å². The summed E-state index contributed by atoms with van der Waals surface area (Å²) in [5, 5.41) is 5.20. The van der Waals surface area contributed by atoms with Crippen LogP contribution in [0, 0.1) is 0 Å². The van der Waals surface area contributed by atoms with Gasteiger partial charge in [0, 0.05) is 34.4 Å². The van der Waals surface area contributed by atoms with Crippen LogP contribution in [0.5, 0.6) is 0 Å². The summed E-state index contributed by atoms with van der Waals surface area (Å²) in [4.78, 5) is 14.3. The van der Waals surface area contributed by atoms with Gasteiger partial charge in [0.25, 0.3) is 5.91 Å². The first-order valence-corrected chi connectivity index (χ1v) is 9.31. The third-order valence-corrected chi connectivity index (χ3v) is 5.39. The van der Waals surface area contributed by atoms with Crippen LogP contribution in [0.4, 0.5) is 5.69 Å². The highest BCUT2D eigenvalue weighted by atomic mass is 35.5. The monoisotopic (exact) mass is 401 g/mol. The Bertz CT molecular complexity index is 947. The minimum atomic E-state index is -0.311. The molecule has 2 aromatic rings. The van der Waals surface area contributed by atoms with E-state index in [1.807, 2.05) is 12.1 Å². The van der Waals surface area contributed by atoms with Gasteiger partial charge in [-0.25, -0.2) is 5.43 Å². The fraction of sp³-hybridized carbons (Fsp3) is 0.238. The van der Waals surface area contributed by atoms with E-state index >= 15 is 0 Å². The highest BCUT2D eigenvalue weighted by Gasteiger charge is 2.29. The van der Waals surface area contributed by atoms with Crippen molar-refractivity contribution in [2.45, 2.75) is 26.3 Å². The van der Waals surface area contributed by atoms with Crippen molar-refractivity contribution in [1.29, 1.82) is 0 Å². The fourth-order valence-corrected chi connectivity index (χ4v) is 3.45. The van der Waals surface area contributed by atoms with Crippen LogP contribution in [0.15, 0.2) is 47.6 Å². The molecule has 0 aromatic heterocycles. The number of carbonyl (C=O) groups excluding carboxylic acids is 1.